The molecule has 0 amide bonds. The number of rotatable bonds is 3. The number of allylic oxidation sites excluding steroid dienone is 2. The van der Waals surface area contributed by atoms with Gasteiger partial charge in [-0.05, 0) is 12.1 Å². The van der Waals surface area contributed by atoms with Crippen LogP contribution in [0.5, 0.6) is 0 Å². The Kier molecular flexibility index (Phi) is 4.17. The molecule has 6 nitrogen and oxygen atoms in total. The molecule has 1 atom stereocenters. The second kappa shape index (κ2) is 6.28. The van der Waals surface area contributed by atoms with E-state index in [1.807, 2.05) is 24.3 Å². The molecule has 5 N–H and O–H groups in total. The van der Waals surface area contributed by atoms with Crippen LogP contribution in [0.4, 0.5) is 0 Å². The van der Waals surface area contributed by atoms with E-state index in [0.29, 0.717) is 21.9 Å². The molecule has 1 aliphatic heterocycles. The summed E-state index contributed by atoms with van der Waals surface area (Å²) in [6.07, 6.45) is 0.211. The van der Waals surface area contributed by atoms with Crippen molar-refractivity contribution in [2.75, 3.05) is 0 Å². The van der Waals surface area contributed by atoms with Crippen LogP contribution in [-0.4, -0.2) is 9.97 Å². The number of nitrogens with two attached hydrogens (primary N) is 2. The molecule has 3 rings (SSSR count). The largest absolute Gasteiger partial charge is 0.390 e. The van der Waals surface area contributed by atoms with E-state index in [1.54, 1.807) is 0 Å². The van der Waals surface area contributed by atoms with Crippen molar-refractivity contribution in [3.63, 3.8) is 0 Å². The van der Waals surface area contributed by atoms with Gasteiger partial charge in [0.25, 0.3) is 0 Å². The number of aromatic nitrogens is 1. The first-order chi connectivity index (χ1) is 11.5. The number of fused-ring (bicyclic) bond motifs is 1. The van der Waals surface area contributed by atoms with E-state index in [0.717, 1.165) is 10.2 Å². The van der Waals surface area contributed by atoms with Gasteiger partial charge in [0.05, 0.1) is 33.6 Å². The topological polar surface area (TPSA) is 125 Å². The fourth-order valence-electron chi connectivity index (χ4n) is 2.49. The van der Waals surface area contributed by atoms with Crippen molar-refractivity contribution in [3.05, 3.63) is 51.9 Å². The molecule has 2 aromatic rings. The van der Waals surface area contributed by atoms with E-state index in [9.17, 15) is 10.5 Å². The summed E-state index contributed by atoms with van der Waals surface area (Å²) in [5, 5.41) is 22.7. The van der Waals surface area contributed by atoms with E-state index < -0.39 is 5.92 Å². The van der Waals surface area contributed by atoms with Gasteiger partial charge in [-0.2, -0.15) is 10.5 Å². The Morgan fingerprint density at radius 3 is 2.75 bits per heavy atom. The lowest BCUT2D eigenvalue weighted by molar-refractivity contribution is 0.785. The average Bonchev–Trinajstić information content (AvgIpc) is 2.99. The summed E-state index contributed by atoms with van der Waals surface area (Å²) in [5.41, 5.74) is 13.8. The molecule has 24 heavy (non-hydrogen) atoms. The molecule has 0 radical (unpaired) electrons. The van der Waals surface area contributed by atoms with Crippen LogP contribution in [0.1, 0.15) is 17.3 Å². The van der Waals surface area contributed by atoms with Gasteiger partial charge in [0.1, 0.15) is 21.7 Å². The molecule has 0 saturated heterocycles. The summed E-state index contributed by atoms with van der Waals surface area (Å²) in [6, 6.07) is 12.0. The van der Waals surface area contributed by atoms with Crippen molar-refractivity contribution in [1.82, 2.24) is 10.3 Å². The van der Waals surface area contributed by atoms with Gasteiger partial charge < -0.3 is 16.8 Å². The van der Waals surface area contributed by atoms with Gasteiger partial charge in [0.2, 0.25) is 0 Å². The fraction of sp³-hybridized carbons (Fsp3) is 0.125. The normalized spacial score (nSPS) is 15.6. The summed E-state index contributed by atoms with van der Waals surface area (Å²) >= 11 is 6.38. The Hall–Kier alpha value is -2.94. The number of hydrogen-bond acceptors (Lipinski definition) is 7. The van der Waals surface area contributed by atoms with Crippen LogP contribution < -0.4 is 16.8 Å². The lowest BCUT2D eigenvalue weighted by Gasteiger charge is -2.24. The third-order valence-electron chi connectivity index (χ3n) is 3.68. The number of nitriles is 2. The van der Waals surface area contributed by atoms with Gasteiger partial charge in [0, 0.05) is 12.0 Å². The average molecular weight is 352 g/mol. The van der Waals surface area contributed by atoms with Crippen LogP contribution in [-0.2, 0) is 0 Å². The number of thiocarbonyl (C=S) groups is 1. The smallest absolute Gasteiger partial charge is 0.139 e. The fourth-order valence-corrected chi connectivity index (χ4v) is 3.69. The third kappa shape index (κ3) is 2.69. The van der Waals surface area contributed by atoms with Gasteiger partial charge in [-0.25, -0.2) is 4.98 Å². The number of dihydropyridines is 1. The highest BCUT2D eigenvalue weighted by Gasteiger charge is 2.29. The quantitative estimate of drug-likeness (QED) is 0.723. The maximum atomic E-state index is 9.66. The molecule has 0 bridgehead atoms. The van der Waals surface area contributed by atoms with Gasteiger partial charge in [-0.15, -0.1) is 11.3 Å². The van der Waals surface area contributed by atoms with Crippen molar-refractivity contribution >= 4 is 38.8 Å². The molecular formula is C16H12N6S2. The molecule has 0 unspecified atom stereocenters. The Labute approximate surface area is 147 Å². The number of hydrogen-bond donors (Lipinski definition) is 3. The molecule has 0 fully saturated rings. The summed E-state index contributed by atoms with van der Waals surface area (Å²) in [6.45, 7) is 0. The van der Waals surface area contributed by atoms with Crippen LogP contribution in [0.25, 0.3) is 10.2 Å². The second-order valence-electron chi connectivity index (χ2n) is 5.14. The minimum absolute atomic E-state index is 0.139. The van der Waals surface area contributed by atoms with E-state index in [1.165, 1.54) is 11.3 Å². The number of benzene rings is 1. The predicted molar refractivity (Wildman–Crippen MR) is 96.4 cm³/mol. The van der Waals surface area contributed by atoms with E-state index in [2.05, 4.69) is 22.4 Å². The highest BCUT2D eigenvalue weighted by atomic mass is 32.1. The van der Waals surface area contributed by atoms with Crippen molar-refractivity contribution in [3.8, 4) is 12.1 Å². The van der Waals surface area contributed by atoms with E-state index >= 15 is 0 Å². The van der Waals surface area contributed by atoms with Crippen molar-refractivity contribution < 1.29 is 0 Å². The molecule has 0 saturated carbocycles. The van der Waals surface area contributed by atoms with Crippen molar-refractivity contribution in [2.45, 2.75) is 12.3 Å². The predicted octanol–water partition coefficient (Wildman–Crippen LogP) is 2.13. The standard InChI is InChI=1S/C16H12N6S2/c17-6-8-5-9(15(20)23)14(19)22-13(8)10(7-18)16-21-11-3-1-2-4-12(11)24-16/h1-4,10,22H,5,19H2,(H2,20,23)/t10-/m0/s1. The Morgan fingerprint density at radius 2 is 2.12 bits per heavy atom. The Balaban J connectivity index is 2.06. The molecule has 118 valence electrons. The first kappa shape index (κ1) is 15.9. The van der Waals surface area contributed by atoms with Gasteiger partial charge in [-0.3, -0.25) is 0 Å². The molecule has 8 heteroatoms. The SMILES string of the molecule is N#CC1=C([C@H](C#N)c2nc3ccccc3s2)NC(N)=C(C(N)=S)C1. The molecule has 2 heterocycles. The number of nitrogens with zero attached hydrogens (tertiary/aromatic N) is 3. The van der Waals surface area contributed by atoms with Gasteiger partial charge in [0.15, 0.2) is 0 Å². The van der Waals surface area contributed by atoms with E-state index in [4.69, 9.17) is 23.7 Å². The minimum Gasteiger partial charge on any atom is -0.390 e. The highest BCUT2D eigenvalue weighted by Crippen LogP contribution is 2.34. The number of thiazole rings is 1. The van der Waals surface area contributed by atoms with Crippen molar-refractivity contribution in [1.29, 1.82) is 10.5 Å². The van der Waals surface area contributed by atoms with Crippen LogP contribution in [0.15, 0.2) is 46.9 Å². The monoisotopic (exact) mass is 352 g/mol. The summed E-state index contributed by atoms with van der Waals surface area (Å²) < 4.78 is 0.981. The zero-order valence-corrected chi connectivity index (χ0v) is 14.0. The third-order valence-corrected chi connectivity index (χ3v) is 5.03. The second-order valence-corrected chi connectivity index (χ2v) is 6.65. The molecular weight excluding hydrogens is 340 g/mol. The van der Waals surface area contributed by atoms with Gasteiger partial charge >= 0.3 is 0 Å². The highest BCUT2D eigenvalue weighted by molar-refractivity contribution is 7.80. The zero-order valence-electron chi connectivity index (χ0n) is 12.4. The summed E-state index contributed by atoms with van der Waals surface area (Å²) in [5.74, 6) is -0.429. The summed E-state index contributed by atoms with van der Waals surface area (Å²) in [4.78, 5) is 4.65. The number of para-hydroxylation sites is 1. The van der Waals surface area contributed by atoms with Crippen LogP contribution in [0.3, 0.4) is 0 Å². The zero-order chi connectivity index (χ0) is 17.3. The Bertz CT molecular complexity index is 953. The lowest BCUT2D eigenvalue weighted by Crippen LogP contribution is -2.33. The molecule has 1 aromatic heterocycles. The van der Waals surface area contributed by atoms with Crippen LogP contribution >= 0.6 is 23.6 Å². The molecule has 1 aliphatic rings. The maximum Gasteiger partial charge on any atom is 0.139 e. The lowest BCUT2D eigenvalue weighted by atomic mass is 9.94. The summed E-state index contributed by atoms with van der Waals surface area (Å²) in [7, 11) is 0. The number of nitrogens with one attached hydrogen (secondary N) is 1. The van der Waals surface area contributed by atoms with Crippen molar-refractivity contribution in [2.24, 2.45) is 11.5 Å². The molecule has 0 aliphatic carbocycles. The van der Waals surface area contributed by atoms with Crippen LogP contribution in [0, 0.1) is 22.7 Å². The first-order valence-corrected chi connectivity index (χ1v) is 8.21. The molecule has 0 spiro atoms. The maximum absolute atomic E-state index is 9.66. The molecule has 1 aromatic carbocycles. The minimum atomic E-state index is -0.705. The van der Waals surface area contributed by atoms with Crippen LogP contribution in [0.2, 0.25) is 0 Å². The van der Waals surface area contributed by atoms with E-state index in [-0.39, 0.29) is 17.2 Å². The van der Waals surface area contributed by atoms with Gasteiger partial charge in [-0.1, -0.05) is 24.4 Å². The Morgan fingerprint density at radius 1 is 1.38 bits per heavy atom. The first-order valence-electron chi connectivity index (χ1n) is 6.98.